The number of hydrogen-bond donors (Lipinski definition) is 0. The van der Waals surface area contributed by atoms with Crippen molar-refractivity contribution in [2.24, 2.45) is 5.92 Å². The Labute approximate surface area is 103 Å². The molecule has 0 saturated carbocycles. The van der Waals surface area contributed by atoms with Crippen molar-refractivity contribution in [3.05, 3.63) is 28.7 Å². The largest absolute Gasteiger partial charge is 0.272 e. The Morgan fingerprint density at radius 2 is 2.00 bits per heavy atom. The summed E-state index contributed by atoms with van der Waals surface area (Å²) in [7, 11) is 0. The number of benzene rings is 1. The van der Waals surface area contributed by atoms with Crippen molar-refractivity contribution in [3.8, 4) is 0 Å². The molecule has 1 aromatic rings. The molecule has 1 atom stereocenters. The summed E-state index contributed by atoms with van der Waals surface area (Å²) >= 11 is 3.36. The highest BCUT2D eigenvalue weighted by molar-refractivity contribution is 9.10. The zero-order chi connectivity index (χ0) is 11.7. The molecule has 1 fully saturated rings. The van der Waals surface area contributed by atoms with Crippen LogP contribution in [0.15, 0.2) is 28.7 Å². The second-order valence-corrected chi connectivity index (χ2v) is 5.17. The van der Waals surface area contributed by atoms with Crippen molar-refractivity contribution in [2.75, 3.05) is 5.06 Å². The van der Waals surface area contributed by atoms with Crippen molar-refractivity contribution in [3.63, 3.8) is 0 Å². The maximum Gasteiger partial charge on any atom is 0.253 e. The lowest BCUT2D eigenvalue weighted by Gasteiger charge is -2.17. The van der Waals surface area contributed by atoms with Gasteiger partial charge in [0.25, 0.3) is 5.91 Å². The summed E-state index contributed by atoms with van der Waals surface area (Å²) in [6.45, 7) is 4.12. The molecule has 0 aromatic heterocycles. The molecule has 0 aliphatic carbocycles. The van der Waals surface area contributed by atoms with Gasteiger partial charge in [-0.1, -0.05) is 29.8 Å². The summed E-state index contributed by atoms with van der Waals surface area (Å²) in [5.74, 6) is 0.380. The fraction of sp³-hybridized carbons (Fsp3) is 0.417. The highest BCUT2D eigenvalue weighted by Crippen LogP contribution is 2.28. The summed E-state index contributed by atoms with van der Waals surface area (Å²) in [5, 5.41) is 1.40. The summed E-state index contributed by atoms with van der Waals surface area (Å²) in [6.07, 6.45) is 0.462. The second-order valence-electron chi connectivity index (χ2n) is 4.26. The van der Waals surface area contributed by atoms with Crippen LogP contribution in [0.4, 0.5) is 5.69 Å². The lowest BCUT2D eigenvalue weighted by molar-refractivity contribution is -0.119. The summed E-state index contributed by atoms with van der Waals surface area (Å²) in [4.78, 5) is 17.4. The van der Waals surface area contributed by atoms with E-state index in [-0.39, 0.29) is 12.0 Å². The smallest absolute Gasteiger partial charge is 0.253 e. The fourth-order valence-corrected chi connectivity index (χ4v) is 1.89. The molecular weight excluding hydrogens is 270 g/mol. The van der Waals surface area contributed by atoms with Crippen LogP contribution >= 0.6 is 15.9 Å². The van der Waals surface area contributed by atoms with E-state index in [0.717, 1.165) is 10.2 Å². The lowest BCUT2D eigenvalue weighted by Crippen LogP contribution is -2.23. The number of amides is 1. The molecule has 1 unspecified atom stereocenters. The predicted molar refractivity (Wildman–Crippen MR) is 66.0 cm³/mol. The molecule has 1 aliphatic rings. The number of carbonyl (C=O) groups is 1. The van der Waals surface area contributed by atoms with Crippen LogP contribution in [0.3, 0.4) is 0 Å². The normalized spacial score (nSPS) is 20.9. The maximum absolute atomic E-state index is 11.8. The van der Waals surface area contributed by atoms with Gasteiger partial charge in [-0.2, -0.15) is 5.06 Å². The first kappa shape index (κ1) is 11.6. The molecular formula is C12H14BrNO2. The van der Waals surface area contributed by atoms with Crippen LogP contribution in [0.5, 0.6) is 0 Å². The zero-order valence-electron chi connectivity index (χ0n) is 9.31. The predicted octanol–water partition coefficient (Wildman–Crippen LogP) is 3.14. The van der Waals surface area contributed by atoms with Crippen molar-refractivity contribution < 1.29 is 9.63 Å². The zero-order valence-corrected chi connectivity index (χ0v) is 10.9. The first-order valence-electron chi connectivity index (χ1n) is 5.33. The molecule has 2 rings (SSSR count). The molecule has 86 valence electrons. The van der Waals surface area contributed by atoms with Gasteiger partial charge in [-0.3, -0.25) is 9.63 Å². The van der Waals surface area contributed by atoms with E-state index in [1.54, 1.807) is 0 Å². The summed E-state index contributed by atoms with van der Waals surface area (Å²) < 4.78 is 0.989. The summed E-state index contributed by atoms with van der Waals surface area (Å²) in [5.41, 5.74) is 0.788. The minimum atomic E-state index is -0.00357. The maximum atomic E-state index is 11.8. The topological polar surface area (TPSA) is 29.5 Å². The number of nitrogens with zero attached hydrogens (tertiary/aromatic N) is 1. The standard InChI is InChI=1S/C12H14BrNO2/c1-8(2)11-7-12(15)14(16-11)10-5-3-9(13)4-6-10/h3-6,8,11H,7H2,1-2H3. The molecule has 16 heavy (non-hydrogen) atoms. The Hall–Kier alpha value is -0.870. The van der Waals surface area contributed by atoms with Gasteiger partial charge in [0, 0.05) is 4.47 Å². The quantitative estimate of drug-likeness (QED) is 0.835. The van der Waals surface area contributed by atoms with Crippen LogP contribution in [-0.4, -0.2) is 12.0 Å². The molecule has 0 N–H and O–H groups in total. The molecule has 1 amide bonds. The van der Waals surface area contributed by atoms with Crippen LogP contribution in [-0.2, 0) is 9.63 Å². The molecule has 0 bridgehead atoms. The van der Waals surface area contributed by atoms with Crippen molar-refractivity contribution >= 4 is 27.5 Å². The van der Waals surface area contributed by atoms with E-state index in [0.29, 0.717) is 12.3 Å². The van der Waals surface area contributed by atoms with E-state index in [1.807, 2.05) is 24.3 Å². The van der Waals surface area contributed by atoms with Gasteiger partial charge in [0.15, 0.2) is 0 Å². The van der Waals surface area contributed by atoms with Crippen molar-refractivity contribution in [1.29, 1.82) is 0 Å². The van der Waals surface area contributed by atoms with Gasteiger partial charge in [0.05, 0.1) is 18.2 Å². The number of carbonyl (C=O) groups excluding carboxylic acids is 1. The highest BCUT2D eigenvalue weighted by atomic mass is 79.9. The van der Waals surface area contributed by atoms with Crippen molar-refractivity contribution in [1.82, 2.24) is 0 Å². The van der Waals surface area contributed by atoms with Crippen LogP contribution in [0.2, 0.25) is 0 Å². The molecule has 1 aliphatic heterocycles. The second kappa shape index (κ2) is 4.55. The van der Waals surface area contributed by atoms with Crippen LogP contribution in [0.1, 0.15) is 20.3 Å². The average Bonchev–Trinajstić information content (AvgIpc) is 2.62. The van der Waals surface area contributed by atoms with E-state index in [9.17, 15) is 4.79 Å². The van der Waals surface area contributed by atoms with E-state index in [4.69, 9.17) is 4.84 Å². The average molecular weight is 284 g/mol. The Kier molecular flexibility index (Phi) is 3.30. The highest BCUT2D eigenvalue weighted by Gasteiger charge is 2.33. The number of rotatable bonds is 2. The van der Waals surface area contributed by atoms with Gasteiger partial charge >= 0.3 is 0 Å². The first-order valence-corrected chi connectivity index (χ1v) is 6.12. The number of hydroxylamine groups is 1. The molecule has 1 aromatic carbocycles. The third kappa shape index (κ3) is 2.28. The van der Waals surface area contributed by atoms with E-state index in [2.05, 4.69) is 29.8 Å². The summed E-state index contributed by atoms with van der Waals surface area (Å²) in [6, 6.07) is 7.53. The molecule has 1 saturated heterocycles. The minimum absolute atomic E-state index is 0.00357. The third-order valence-corrected chi connectivity index (χ3v) is 3.18. The molecule has 0 radical (unpaired) electrons. The number of halogens is 1. The van der Waals surface area contributed by atoms with Crippen LogP contribution in [0, 0.1) is 5.92 Å². The number of hydrogen-bond acceptors (Lipinski definition) is 2. The Bertz CT molecular complexity index is 389. The van der Waals surface area contributed by atoms with Gasteiger partial charge in [-0.15, -0.1) is 0 Å². The third-order valence-electron chi connectivity index (χ3n) is 2.65. The SMILES string of the molecule is CC(C)C1CC(=O)N(c2ccc(Br)cc2)O1. The van der Waals surface area contributed by atoms with E-state index >= 15 is 0 Å². The van der Waals surface area contributed by atoms with Crippen molar-refractivity contribution in [2.45, 2.75) is 26.4 Å². The Balaban J connectivity index is 2.16. The molecule has 0 spiro atoms. The first-order chi connectivity index (χ1) is 7.58. The molecule has 4 heteroatoms. The fourth-order valence-electron chi connectivity index (χ4n) is 1.63. The van der Waals surface area contributed by atoms with Gasteiger partial charge in [-0.05, 0) is 30.2 Å². The van der Waals surface area contributed by atoms with Crippen LogP contribution in [0.25, 0.3) is 0 Å². The minimum Gasteiger partial charge on any atom is -0.272 e. The van der Waals surface area contributed by atoms with Gasteiger partial charge in [0.2, 0.25) is 0 Å². The van der Waals surface area contributed by atoms with Gasteiger partial charge < -0.3 is 0 Å². The Morgan fingerprint density at radius 3 is 2.50 bits per heavy atom. The monoisotopic (exact) mass is 283 g/mol. The molecule has 3 nitrogen and oxygen atoms in total. The van der Waals surface area contributed by atoms with E-state index < -0.39 is 0 Å². The van der Waals surface area contributed by atoms with Gasteiger partial charge in [-0.25, -0.2) is 0 Å². The lowest BCUT2D eigenvalue weighted by atomic mass is 10.1. The Morgan fingerprint density at radius 1 is 1.38 bits per heavy atom. The molecule has 1 heterocycles. The van der Waals surface area contributed by atoms with Crippen LogP contribution < -0.4 is 5.06 Å². The van der Waals surface area contributed by atoms with E-state index in [1.165, 1.54) is 5.06 Å². The van der Waals surface area contributed by atoms with Gasteiger partial charge in [0.1, 0.15) is 0 Å². The number of anilines is 1.